The Balaban J connectivity index is 1.77. The Kier molecular flexibility index (Phi) is 5.03. The number of hydrogen-bond acceptors (Lipinski definition) is 6. The van der Waals surface area contributed by atoms with Gasteiger partial charge in [-0.2, -0.15) is 5.10 Å². The minimum absolute atomic E-state index is 0.173. The van der Waals surface area contributed by atoms with Crippen molar-refractivity contribution in [2.24, 2.45) is 5.10 Å². The Hall–Kier alpha value is -3.22. The van der Waals surface area contributed by atoms with Gasteiger partial charge < -0.3 is 18.9 Å². The van der Waals surface area contributed by atoms with E-state index >= 15 is 0 Å². The van der Waals surface area contributed by atoms with Gasteiger partial charge in [-0.05, 0) is 25.1 Å². The van der Waals surface area contributed by atoms with Crippen molar-refractivity contribution >= 4 is 12.1 Å². The zero-order chi connectivity index (χ0) is 17.6. The van der Waals surface area contributed by atoms with E-state index in [0.29, 0.717) is 40.7 Å². The molecule has 7 heteroatoms. The second-order valence-electron chi connectivity index (χ2n) is 5.08. The summed E-state index contributed by atoms with van der Waals surface area (Å²) in [6.45, 7) is 2.55. The number of para-hydroxylation sites is 1. The maximum Gasteiger partial charge on any atom is 0.275 e. The zero-order valence-electron chi connectivity index (χ0n) is 13.9. The average Bonchev–Trinajstić information content (AvgIpc) is 3.09. The first-order chi connectivity index (χ1) is 12.2. The highest BCUT2D eigenvalue weighted by atomic mass is 16.7. The van der Waals surface area contributed by atoms with Crippen LogP contribution >= 0.6 is 0 Å². The largest absolute Gasteiger partial charge is 0.496 e. The first kappa shape index (κ1) is 16.6. The van der Waals surface area contributed by atoms with Crippen LogP contribution in [0, 0.1) is 0 Å². The van der Waals surface area contributed by atoms with E-state index in [1.807, 2.05) is 6.92 Å². The monoisotopic (exact) mass is 342 g/mol. The number of ether oxygens (including phenoxy) is 4. The van der Waals surface area contributed by atoms with E-state index in [1.165, 1.54) is 13.3 Å². The molecule has 0 radical (unpaired) electrons. The van der Waals surface area contributed by atoms with Crippen molar-refractivity contribution in [2.75, 3.05) is 20.5 Å². The van der Waals surface area contributed by atoms with E-state index in [0.717, 1.165) is 0 Å². The van der Waals surface area contributed by atoms with Crippen molar-refractivity contribution in [1.29, 1.82) is 0 Å². The summed E-state index contributed by atoms with van der Waals surface area (Å²) in [4.78, 5) is 12.2. The van der Waals surface area contributed by atoms with Crippen molar-refractivity contribution in [3.8, 4) is 23.0 Å². The van der Waals surface area contributed by atoms with Gasteiger partial charge in [-0.15, -0.1) is 0 Å². The van der Waals surface area contributed by atoms with Crippen LogP contribution in [0.1, 0.15) is 22.8 Å². The average molecular weight is 342 g/mol. The van der Waals surface area contributed by atoms with E-state index < -0.39 is 0 Å². The number of benzene rings is 2. The number of carbonyl (C=O) groups excluding carboxylic acids is 1. The molecule has 1 aliphatic rings. The van der Waals surface area contributed by atoms with Crippen LogP contribution in [0.3, 0.4) is 0 Å². The molecule has 25 heavy (non-hydrogen) atoms. The summed E-state index contributed by atoms with van der Waals surface area (Å²) in [7, 11) is 1.51. The van der Waals surface area contributed by atoms with Crippen molar-refractivity contribution in [2.45, 2.75) is 6.92 Å². The number of carbonyl (C=O) groups is 1. The molecule has 0 bridgehead atoms. The van der Waals surface area contributed by atoms with Gasteiger partial charge in [0.1, 0.15) is 11.5 Å². The molecule has 3 rings (SSSR count). The van der Waals surface area contributed by atoms with Gasteiger partial charge >= 0.3 is 0 Å². The van der Waals surface area contributed by atoms with Gasteiger partial charge in [-0.25, -0.2) is 5.43 Å². The standard InChI is InChI=1S/C18H18N2O5/c1-3-23-15-9-17-16(24-11-25-17)8-12(15)10-19-20-18(21)13-6-4-5-7-14(13)22-2/h4-10H,3,11H2,1-2H3,(H,20,21)/b19-10+. The van der Waals surface area contributed by atoms with E-state index in [9.17, 15) is 4.79 Å². The Morgan fingerprint density at radius 1 is 1.24 bits per heavy atom. The SMILES string of the molecule is CCOc1cc2c(cc1/C=N/NC(=O)c1ccccc1OC)OCO2. The second-order valence-corrected chi connectivity index (χ2v) is 5.08. The van der Waals surface area contributed by atoms with Crippen LogP contribution in [0.2, 0.25) is 0 Å². The Morgan fingerprint density at radius 3 is 2.76 bits per heavy atom. The van der Waals surface area contributed by atoms with Crippen molar-refractivity contribution in [3.63, 3.8) is 0 Å². The van der Waals surface area contributed by atoms with Crippen LogP contribution in [0.5, 0.6) is 23.0 Å². The van der Waals surface area contributed by atoms with Crippen LogP contribution in [0.25, 0.3) is 0 Å². The summed E-state index contributed by atoms with van der Waals surface area (Å²) >= 11 is 0. The summed E-state index contributed by atoms with van der Waals surface area (Å²) in [5, 5.41) is 4.01. The Bertz CT molecular complexity index is 804. The third-order valence-electron chi connectivity index (χ3n) is 3.53. The van der Waals surface area contributed by atoms with Gasteiger partial charge in [0.2, 0.25) is 6.79 Å². The number of nitrogens with zero attached hydrogens (tertiary/aromatic N) is 1. The normalized spacial score (nSPS) is 12.2. The van der Waals surface area contributed by atoms with Crippen LogP contribution in [0.4, 0.5) is 0 Å². The molecule has 0 aliphatic carbocycles. The van der Waals surface area contributed by atoms with Crippen LogP contribution < -0.4 is 24.4 Å². The lowest BCUT2D eigenvalue weighted by atomic mass is 10.2. The molecule has 1 amide bonds. The number of hydrogen-bond donors (Lipinski definition) is 1. The zero-order valence-corrected chi connectivity index (χ0v) is 13.9. The molecule has 130 valence electrons. The van der Waals surface area contributed by atoms with Gasteiger partial charge in [0.25, 0.3) is 5.91 Å². The van der Waals surface area contributed by atoms with E-state index in [-0.39, 0.29) is 12.7 Å². The molecule has 7 nitrogen and oxygen atoms in total. The Morgan fingerprint density at radius 2 is 2.00 bits per heavy atom. The maximum absolute atomic E-state index is 12.2. The third kappa shape index (κ3) is 3.65. The number of fused-ring (bicyclic) bond motifs is 1. The fourth-order valence-electron chi connectivity index (χ4n) is 2.37. The summed E-state index contributed by atoms with van der Waals surface area (Å²) in [5.41, 5.74) is 3.56. The highest BCUT2D eigenvalue weighted by Gasteiger charge is 2.17. The number of rotatable bonds is 6. The predicted octanol–water partition coefficient (Wildman–Crippen LogP) is 2.59. The van der Waals surface area contributed by atoms with Crippen LogP contribution in [0.15, 0.2) is 41.5 Å². The first-order valence-corrected chi connectivity index (χ1v) is 7.75. The van der Waals surface area contributed by atoms with E-state index in [1.54, 1.807) is 36.4 Å². The fraction of sp³-hybridized carbons (Fsp3) is 0.222. The van der Waals surface area contributed by atoms with Gasteiger partial charge in [0.15, 0.2) is 11.5 Å². The minimum Gasteiger partial charge on any atom is -0.496 e. The predicted molar refractivity (Wildman–Crippen MR) is 91.8 cm³/mol. The lowest BCUT2D eigenvalue weighted by Gasteiger charge is -2.08. The summed E-state index contributed by atoms with van der Waals surface area (Å²) in [6.07, 6.45) is 1.50. The molecule has 2 aromatic rings. The fourth-order valence-corrected chi connectivity index (χ4v) is 2.37. The lowest BCUT2D eigenvalue weighted by Crippen LogP contribution is -2.18. The number of hydrazone groups is 1. The molecule has 0 spiro atoms. The number of nitrogens with one attached hydrogen (secondary N) is 1. The molecule has 1 aliphatic heterocycles. The van der Waals surface area contributed by atoms with Crippen LogP contribution in [-0.2, 0) is 0 Å². The van der Waals surface area contributed by atoms with Gasteiger partial charge in [0.05, 0.1) is 25.5 Å². The van der Waals surface area contributed by atoms with E-state index in [2.05, 4.69) is 10.5 Å². The van der Waals surface area contributed by atoms with Gasteiger partial charge in [0, 0.05) is 11.6 Å². The van der Waals surface area contributed by atoms with E-state index in [4.69, 9.17) is 18.9 Å². The summed E-state index contributed by atoms with van der Waals surface area (Å²) < 4.78 is 21.4. The highest BCUT2D eigenvalue weighted by Crippen LogP contribution is 2.37. The molecule has 0 saturated carbocycles. The highest BCUT2D eigenvalue weighted by molar-refractivity contribution is 5.97. The minimum atomic E-state index is -0.368. The van der Waals surface area contributed by atoms with Gasteiger partial charge in [-0.3, -0.25) is 4.79 Å². The molecular formula is C18H18N2O5. The number of methoxy groups -OCH3 is 1. The van der Waals surface area contributed by atoms with Crippen molar-refractivity contribution in [3.05, 3.63) is 47.5 Å². The lowest BCUT2D eigenvalue weighted by molar-refractivity contribution is 0.0952. The molecule has 2 aromatic carbocycles. The molecule has 1 heterocycles. The molecule has 0 unspecified atom stereocenters. The second kappa shape index (κ2) is 7.57. The molecular weight excluding hydrogens is 324 g/mol. The summed E-state index contributed by atoms with van der Waals surface area (Å²) in [5.74, 6) is 1.95. The molecule has 0 aromatic heterocycles. The molecule has 1 N–H and O–H groups in total. The third-order valence-corrected chi connectivity index (χ3v) is 3.53. The maximum atomic E-state index is 12.2. The smallest absolute Gasteiger partial charge is 0.275 e. The quantitative estimate of drug-likeness (QED) is 0.645. The molecule has 0 atom stereocenters. The molecule has 0 fully saturated rings. The van der Waals surface area contributed by atoms with Crippen LogP contribution in [-0.4, -0.2) is 32.6 Å². The topological polar surface area (TPSA) is 78.4 Å². The summed E-state index contributed by atoms with van der Waals surface area (Å²) in [6, 6.07) is 10.4. The van der Waals surface area contributed by atoms with Crippen molar-refractivity contribution < 1.29 is 23.7 Å². The van der Waals surface area contributed by atoms with Gasteiger partial charge in [-0.1, -0.05) is 12.1 Å². The Labute approximate surface area is 145 Å². The molecule has 0 saturated heterocycles. The first-order valence-electron chi connectivity index (χ1n) is 7.75. The van der Waals surface area contributed by atoms with Crippen molar-refractivity contribution in [1.82, 2.24) is 5.43 Å². The number of amides is 1.